The van der Waals surface area contributed by atoms with E-state index in [4.69, 9.17) is 0 Å². The minimum Gasteiger partial charge on any atom is -0.464 e. The molecule has 0 aliphatic heterocycles. The van der Waals surface area contributed by atoms with Crippen LogP contribution in [0.5, 0.6) is 0 Å². The second kappa shape index (κ2) is 18.1. The predicted octanol–water partition coefficient (Wildman–Crippen LogP) is -2.04. The van der Waals surface area contributed by atoms with E-state index >= 15 is 0 Å². The van der Waals surface area contributed by atoms with Gasteiger partial charge in [-0.05, 0) is 85.7 Å². The fourth-order valence-corrected chi connectivity index (χ4v) is 3.79. The van der Waals surface area contributed by atoms with E-state index in [1.807, 2.05) is 0 Å². The summed E-state index contributed by atoms with van der Waals surface area (Å²) in [6, 6.07) is -2.61. The van der Waals surface area contributed by atoms with Crippen LogP contribution < -0.4 is 10.5 Å². The number of methoxy groups -OCH3 is 1. The Hall–Kier alpha value is -1.19. The molecule has 0 saturated heterocycles. The van der Waals surface area contributed by atoms with E-state index in [0.717, 1.165) is 7.11 Å². The molecule has 0 aromatic rings. The summed E-state index contributed by atoms with van der Waals surface area (Å²) in [4.78, 5) is 26.7. The van der Waals surface area contributed by atoms with Gasteiger partial charge < -0.3 is 44.9 Å². The van der Waals surface area contributed by atoms with Crippen LogP contribution in [0.1, 0.15) is 25.7 Å². The largest absolute Gasteiger partial charge is 0.464 e. The van der Waals surface area contributed by atoms with Crippen LogP contribution >= 0.6 is 0 Å². The molecule has 0 radical (unpaired) electrons. The highest BCUT2D eigenvalue weighted by molar-refractivity contribution is 6.46. The van der Waals surface area contributed by atoms with Crippen LogP contribution in [0.2, 0.25) is 27.3 Å². The number of hydrogen-bond donors (Lipinski definition) is 6. The first-order chi connectivity index (χ1) is 15.9. The Kier molecular flexibility index (Phi) is 17.5. The number of ether oxygens (including phenoxy) is 1. The van der Waals surface area contributed by atoms with E-state index in [1.54, 1.807) is 25.3 Å². The third kappa shape index (κ3) is 13.6. The maximum atomic E-state index is 12.3. The molecule has 0 rings (SSSR count). The lowest BCUT2D eigenvalue weighted by atomic mass is 9.79. The quantitative estimate of drug-likeness (QED) is 0.0365. The summed E-state index contributed by atoms with van der Waals surface area (Å²) in [7, 11) is -2.04. The number of carbonyl (C=O) groups is 1. The van der Waals surface area contributed by atoms with Gasteiger partial charge in [0.2, 0.25) is 0 Å². The van der Waals surface area contributed by atoms with Crippen molar-refractivity contribution in [2.75, 3.05) is 39.8 Å². The smallest absolute Gasteiger partial charge is 0.383 e. The third-order valence-corrected chi connectivity index (χ3v) is 5.51. The first-order valence-corrected chi connectivity index (χ1v) is 11.8. The number of rotatable bonds is 20. The van der Waals surface area contributed by atoms with E-state index < -0.39 is 51.2 Å². The van der Waals surface area contributed by atoms with E-state index in [-0.39, 0.29) is 13.0 Å². The van der Waals surface area contributed by atoms with Crippen LogP contribution in [0.4, 0.5) is 0 Å². The first kappa shape index (κ1) is 32.8. The van der Waals surface area contributed by atoms with E-state index in [2.05, 4.69) is 15.2 Å². The minimum atomic E-state index is -1.68. The van der Waals surface area contributed by atoms with Gasteiger partial charge in [-0.25, -0.2) is 4.79 Å². The van der Waals surface area contributed by atoms with Crippen LogP contribution in [-0.2, 0) is 9.53 Å². The predicted molar refractivity (Wildman–Crippen MR) is 135 cm³/mol. The summed E-state index contributed by atoms with van der Waals surface area (Å²) >= 11 is 0. The molecule has 0 fully saturated rings. The summed E-state index contributed by atoms with van der Waals surface area (Å²) in [5, 5.41) is 56.6. The Morgan fingerprint density at radius 1 is 0.941 bits per heavy atom. The average molecular weight is 487 g/mol. The van der Waals surface area contributed by atoms with Gasteiger partial charge in [0.25, 0.3) is 0 Å². The molecule has 0 spiro atoms. The fraction of sp³-hybridized carbons (Fsp3) is 0.941. The van der Waals surface area contributed by atoms with Gasteiger partial charge in [0.05, 0.1) is 13.2 Å². The van der Waals surface area contributed by atoms with Gasteiger partial charge in [0.15, 0.2) is 0 Å². The molecule has 0 aliphatic rings. The molecule has 0 aliphatic carbocycles. The van der Waals surface area contributed by atoms with Crippen molar-refractivity contribution in [3.05, 3.63) is 10.1 Å². The Morgan fingerprint density at radius 2 is 1.44 bits per heavy atom. The van der Waals surface area contributed by atoms with Crippen molar-refractivity contribution in [3.63, 3.8) is 0 Å². The number of carbonyl (C=O) groups excluding carboxylic acids is 1. The third-order valence-electron chi connectivity index (χ3n) is 5.51. The van der Waals surface area contributed by atoms with Crippen LogP contribution in [0.15, 0.2) is 0 Å². The molecule has 13 nitrogen and oxygen atoms in total. The molecule has 2 atom stereocenters. The van der Waals surface area contributed by atoms with Gasteiger partial charge in [0.1, 0.15) is 0 Å². The zero-order valence-corrected chi connectivity index (χ0v) is 21.1. The van der Waals surface area contributed by atoms with Crippen molar-refractivity contribution >= 4 is 34.2 Å². The van der Waals surface area contributed by atoms with E-state index in [0.29, 0.717) is 45.4 Å². The molecule has 0 heterocycles. The standard InChI is InChI=1S/C17H41B4N5O8/c1-18(28)22-10-7-13-24(20(3)30)12-6-9-15(16(26(32)33)17(27)34-5)25(21(4)31)14-8-11-23-19(2)29/h15-16,22-23,28-31H,6-14H2,1-5H3. The lowest BCUT2D eigenvalue weighted by Crippen LogP contribution is -2.56. The molecular weight excluding hydrogens is 445 g/mol. The van der Waals surface area contributed by atoms with Crippen molar-refractivity contribution in [2.45, 2.75) is 65.1 Å². The Labute approximate surface area is 204 Å². The normalized spacial score (nSPS) is 13.0. The monoisotopic (exact) mass is 487 g/mol. The highest BCUT2D eigenvalue weighted by Gasteiger charge is 2.44. The van der Waals surface area contributed by atoms with Gasteiger partial charge in [-0.2, -0.15) is 0 Å². The van der Waals surface area contributed by atoms with E-state index in [1.165, 1.54) is 11.6 Å². The number of nitrogens with one attached hydrogen (secondary N) is 2. The maximum Gasteiger partial charge on any atom is 0.383 e. The van der Waals surface area contributed by atoms with Crippen molar-refractivity contribution in [1.29, 1.82) is 0 Å². The van der Waals surface area contributed by atoms with Gasteiger partial charge in [-0.15, -0.1) is 0 Å². The maximum absolute atomic E-state index is 12.3. The molecular formula is C17H41B4N5O8. The lowest BCUT2D eigenvalue weighted by Gasteiger charge is -2.34. The summed E-state index contributed by atoms with van der Waals surface area (Å²) in [6.07, 6.45) is 1.80. The molecule has 0 aromatic carbocycles. The number of nitrogens with zero attached hydrogens (tertiary/aromatic N) is 3. The van der Waals surface area contributed by atoms with Crippen LogP contribution in [0.3, 0.4) is 0 Å². The fourth-order valence-electron chi connectivity index (χ4n) is 3.79. The minimum absolute atomic E-state index is 0.213. The molecule has 0 bridgehead atoms. The van der Waals surface area contributed by atoms with Crippen LogP contribution in [0.25, 0.3) is 0 Å². The molecule has 0 aromatic heterocycles. The molecule has 17 heteroatoms. The summed E-state index contributed by atoms with van der Waals surface area (Å²) in [5.41, 5.74) is 0. The Balaban J connectivity index is 5.36. The zero-order valence-electron chi connectivity index (χ0n) is 21.1. The van der Waals surface area contributed by atoms with Gasteiger partial charge in [0, 0.05) is 4.92 Å². The van der Waals surface area contributed by atoms with Crippen molar-refractivity contribution in [2.24, 2.45) is 0 Å². The van der Waals surface area contributed by atoms with Crippen LogP contribution in [-0.4, -0.2) is 121 Å². The highest BCUT2D eigenvalue weighted by Crippen LogP contribution is 2.18. The first-order valence-electron chi connectivity index (χ1n) is 11.8. The Morgan fingerprint density at radius 3 is 1.85 bits per heavy atom. The number of esters is 1. The van der Waals surface area contributed by atoms with Gasteiger partial charge >= 0.3 is 40.2 Å². The molecule has 34 heavy (non-hydrogen) atoms. The molecule has 6 N–H and O–H groups in total. The SMILES string of the molecule is COC(=O)C(C(CCCN(CCCNB(C)O)B(C)O)N(CCCNB(C)O)B(C)O)[N+](=O)[O-]. The van der Waals surface area contributed by atoms with Gasteiger partial charge in [-0.1, -0.05) is 0 Å². The van der Waals surface area contributed by atoms with Crippen LogP contribution in [0, 0.1) is 10.1 Å². The summed E-state index contributed by atoms with van der Waals surface area (Å²) < 4.78 is 4.68. The second-order valence-corrected chi connectivity index (χ2v) is 8.47. The number of hydrogen-bond acceptors (Lipinski definition) is 12. The van der Waals surface area contributed by atoms with Crippen molar-refractivity contribution in [3.8, 4) is 0 Å². The zero-order chi connectivity index (χ0) is 26.3. The lowest BCUT2D eigenvalue weighted by molar-refractivity contribution is -0.517. The van der Waals surface area contributed by atoms with E-state index in [9.17, 15) is 35.0 Å². The molecule has 194 valence electrons. The Bertz CT molecular complexity index is 580. The highest BCUT2D eigenvalue weighted by atomic mass is 16.6. The van der Waals surface area contributed by atoms with Crippen molar-refractivity contribution < 1.29 is 34.6 Å². The molecule has 0 amide bonds. The second-order valence-electron chi connectivity index (χ2n) is 8.47. The number of nitro groups is 1. The summed E-state index contributed by atoms with van der Waals surface area (Å²) in [5.74, 6) is -0.987. The topological polar surface area (TPSA) is 181 Å². The molecule has 2 unspecified atom stereocenters. The summed E-state index contributed by atoms with van der Waals surface area (Å²) in [6.45, 7) is 8.52. The average Bonchev–Trinajstić information content (AvgIpc) is 2.73. The van der Waals surface area contributed by atoms with Gasteiger partial charge in [-0.3, -0.25) is 10.1 Å². The molecule has 0 saturated carbocycles. The van der Waals surface area contributed by atoms with Crippen molar-refractivity contribution in [1.82, 2.24) is 20.1 Å².